The van der Waals surface area contributed by atoms with Crippen LogP contribution in [0.5, 0.6) is 0 Å². The zero-order valence-corrected chi connectivity index (χ0v) is 11.6. The van der Waals surface area contributed by atoms with E-state index in [2.05, 4.69) is 10.1 Å². The highest BCUT2D eigenvalue weighted by Crippen LogP contribution is 2.30. The van der Waals surface area contributed by atoms with Crippen molar-refractivity contribution in [1.29, 1.82) is 0 Å². The quantitative estimate of drug-likeness (QED) is 0.912. The third kappa shape index (κ3) is 3.06. The summed E-state index contributed by atoms with van der Waals surface area (Å²) >= 11 is 1.60. The molecule has 0 spiro atoms. The van der Waals surface area contributed by atoms with Gasteiger partial charge in [0.1, 0.15) is 0 Å². The minimum atomic E-state index is -0.243. The molecule has 0 aliphatic heterocycles. The summed E-state index contributed by atoms with van der Waals surface area (Å²) < 4.78 is 5.20. The molecular formula is C11H16ClN3OS. The number of nitrogens with zero attached hydrogens (tertiary/aromatic N) is 2. The zero-order chi connectivity index (χ0) is 11.8. The molecule has 0 aliphatic carbocycles. The van der Waals surface area contributed by atoms with Gasteiger partial charge in [-0.25, -0.2) is 0 Å². The second-order valence-corrected chi connectivity index (χ2v) is 5.59. The van der Waals surface area contributed by atoms with Crippen LogP contribution in [0.4, 0.5) is 0 Å². The topological polar surface area (TPSA) is 64.9 Å². The first-order valence-electron chi connectivity index (χ1n) is 5.10. The van der Waals surface area contributed by atoms with Gasteiger partial charge >= 0.3 is 0 Å². The van der Waals surface area contributed by atoms with Gasteiger partial charge in [0.25, 0.3) is 0 Å². The molecule has 4 nitrogen and oxygen atoms in total. The van der Waals surface area contributed by atoms with Crippen LogP contribution >= 0.6 is 23.7 Å². The summed E-state index contributed by atoms with van der Waals surface area (Å²) in [6, 6.07) is 1.72. The number of halogens is 1. The van der Waals surface area contributed by atoms with E-state index in [1.165, 1.54) is 0 Å². The van der Waals surface area contributed by atoms with Crippen molar-refractivity contribution < 1.29 is 4.52 Å². The molecule has 0 amide bonds. The monoisotopic (exact) mass is 273 g/mol. The average Bonchev–Trinajstić information content (AvgIpc) is 2.85. The number of nitrogens with two attached hydrogens (primary N) is 1. The molecule has 2 N–H and O–H groups in total. The van der Waals surface area contributed by atoms with Crippen molar-refractivity contribution >= 4 is 23.7 Å². The van der Waals surface area contributed by atoms with Gasteiger partial charge in [0.05, 0.1) is 6.04 Å². The summed E-state index contributed by atoms with van der Waals surface area (Å²) in [6.45, 7) is 6.14. The highest BCUT2D eigenvalue weighted by Gasteiger charge is 2.27. The molecule has 0 fully saturated rings. The number of rotatable bonds is 2. The molecule has 0 saturated carbocycles. The predicted octanol–water partition coefficient (Wildman–Crippen LogP) is 3.27. The van der Waals surface area contributed by atoms with Crippen LogP contribution in [0.1, 0.15) is 32.7 Å². The van der Waals surface area contributed by atoms with E-state index in [-0.39, 0.29) is 23.9 Å². The first kappa shape index (κ1) is 14.2. The molecule has 0 unspecified atom stereocenters. The van der Waals surface area contributed by atoms with Gasteiger partial charge in [-0.2, -0.15) is 16.3 Å². The summed E-state index contributed by atoms with van der Waals surface area (Å²) in [7, 11) is 0. The van der Waals surface area contributed by atoms with Crippen molar-refractivity contribution in [2.45, 2.75) is 26.8 Å². The van der Waals surface area contributed by atoms with Crippen molar-refractivity contribution in [2.24, 2.45) is 11.1 Å². The van der Waals surface area contributed by atoms with Crippen LogP contribution < -0.4 is 5.73 Å². The van der Waals surface area contributed by atoms with Crippen LogP contribution in [0.25, 0.3) is 11.4 Å². The van der Waals surface area contributed by atoms with E-state index in [1.807, 2.05) is 37.6 Å². The molecule has 2 aromatic rings. The van der Waals surface area contributed by atoms with Gasteiger partial charge < -0.3 is 10.3 Å². The summed E-state index contributed by atoms with van der Waals surface area (Å²) in [5.41, 5.74) is 6.93. The van der Waals surface area contributed by atoms with E-state index in [0.717, 1.165) is 5.56 Å². The Hall–Kier alpha value is -0.910. The molecule has 6 heteroatoms. The summed E-state index contributed by atoms with van der Waals surface area (Å²) in [6.07, 6.45) is 0. The van der Waals surface area contributed by atoms with E-state index in [9.17, 15) is 0 Å². The summed E-state index contributed by atoms with van der Waals surface area (Å²) in [4.78, 5) is 4.32. The first-order valence-corrected chi connectivity index (χ1v) is 6.04. The molecule has 2 rings (SSSR count). The number of hydrogen-bond donors (Lipinski definition) is 1. The minimum Gasteiger partial charge on any atom is -0.337 e. The molecule has 2 heterocycles. The standard InChI is InChI=1S/C11H15N3OS.ClH/c1-11(2,3)8(12)10-13-9(14-15-10)7-4-5-16-6-7;/h4-6,8H,12H2,1-3H3;1H/t8-;/m1./s1. The Bertz CT molecular complexity index is 461. The second-order valence-electron chi connectivity index (χ2n) is 4.81. The maximum Gasteiger partial charge on any atom is 0.244 e. The van der Waals surface area contributed by atoms with E-state index < -0.39 is 0 Å². The Balaban J connectivity index is 0.00000144. The second kappa shape index (κ2) is 5.16. The van der Waals surface area contributed by atoms with Crippen LogP contribution in [0.15, 0.2) is 21.3 Å². The van der Waals surface area contributed by atoms with E-state index >= 15 is 0 Å². The normalized spacial score (nSPS) is 13.2. The van der Waals surface area contributed by atoms with Gasteiger partial charge in [-0.1, -0.05) is 25.9 Å². The van der Waals surface area contributed by atoms with Crippen LogP contribution in [-0.2, 0) is 0 Å². The Morgan fingerprint density at radius 3 is 2.65 bits per heavy atom. The fourth-order valence-electron chi connectivity index (χ4n) is 1.24. The van der Waals surface area contributed by atoms with Crippen LogP contribution in [0.3, 0.4) is 0 Å². The molecular weight excluding hydrogens is 258 g/mol. The van der Waals surface area contributed by atoms with Crippen LogP contribution in [-0.4, -0.2) is 10.1 Å². The zero-order valence-electron chi connectivity index (χ0n) is 10.0. The van der Waals surface area contributed by atoms with Gasteiger partial charge in [0.15, 0.2) is 0 Å². The smallest absolute Gasteiger partial charge is 0.244 e. The minimum absolute atomic E-state index is 0. The lowest BCUT2D eigenvalue weighted by Gasteiger charge is -2.23. The van der Waals surface area contributed by atoms with Crippen molar-refractivity contribution in [3.8, 4) is 11.4 Å². The maximum absolute atomic E-state index is 6.05. The van der Waals surface area contributed by atoms with E-state index in [4.69, 9.17) is 10.3 Å². The van der Waals surface area contributed by atoms with Crippen molar-refractivity contribution in [3.05, 3.63) is 22.7 Å². The van der Waals surface area contributed by atoms with E-state index in [1.54, 1.807) is 11.3 Å². The Labute approximate surface area is 111 Å². The highest BCUT2D eigenvalue weighted by molar-refractivity contribution is 7.08. The fourth-order valence-corrected chi connectivity index (χ4v) is 1.88. The van der Waals surface area contributed by atoms with Gasteiger partial charge in [-0.15, -0.1) is 12.4 Å². The van der Waals surface area contributed by atoms with Gasteiger partial charge in [-0.3, -0.25) is 0 Å². The van der Waals surface area contributed by atoms with Crippen LogP contribution in [0.2, 0.25) is 0 Å². The predicted molar refractivity (Wildman–Crippen MR) is 71.2 cm³/mol. The van der Waals surface area contributed by atoms with Crippen molar-refractivity contribution in [3.63, 3.8) is 0 Å². The van der Waals surface area contributed by atoms with Crippen LogP contribution in [0, 0.1) is 5.41 Å². The van der Waals surface area contributed by atoms with E-state index in [0.29, 0.717) is 11.7 Å². The Morgan fingerprint density at radius 2 is 2.12 bits per heavy atom. The molecule has 0 bridgehead atoms. The lowest BCUT2D eigenvalue weighted by atomic mass is 9.87. The highest BCUT2D eigenvalue weighted by atomic mass is 35.5. The van der Waals surface area contributed by atoms with Crippen molar-refractivity contribution in [1.82, 2.24) is 10.1 Å². The average molecular weight is 274 g/mol. The largest absolute Gasteiger partial charge is 0.337 e. The third-order valence-electron chi connectivity index (χ3n) is 2.42. The lowest BCUT2D eigenvalue weighted by molar-refractivity contribution is 0.253. The molecule has 2 aromatic heterocycles. The summed E-state index contributed by atoms with van der Waals surface area (Å²) in [5, 5.41) is 7.90. The third-order valence-corrected chi connectivity index (χ3v) is 3.10. The Morgan fingerprint density at radius 1 is 1.41 bits per heavy atom. The first-order chi connectivity index (χ1) is 7.48. The van der Waals surface area contributed by atoms with Gasteiger partial charge in [0, 0.05) is 10.9 Å². The fraction of sp³-hybridized carbons (Fsp3) is 0.455. The van der Waals surface area contributed by atoms with Gasteiger partial charge in [0.2, 0.25) is 11.7 Å². The molecule has 1 atom stereocenters. The SMILES string of the molecule is CC(C)(C)[C@H](N)c1nc(-c2ccsc2)no1.Cl. The van der Waals surface area contributed by atoms with Crippen molar-refractivity contribution in [2.75, 3.05) is 0 Å². The summed E-state index contributed by atoms with van der Waals surface area (Å²) in [5.74, 6) is 1.10. The molecule has 0 aromatic carbocycles. The molecule has 94 valence electrons. The molecule has 0 aliphatic rings. The molecule has 0 radical (unpaired) electrons. The number of hydrogen-bond acceptors (Lipinski definition) is 5. The van der Waals surface area contributed by atoms with Gasteiger partial charge in [-0.05, 0) is 16.9 Å². The number of thiophene rings is 1. The molecule has 17 heavy (non-hydrogen) atoms. The maximum atomic E-state index is 6.05. The molecule has 0 saturated heterocycles. The number of aromatic nitrogens is 2. The Kier molecular flexibility index (Phi) is 4.30. The lowest BCUT2D eigenvalue weighted by Crippen LogP contribution is -2.26.